The largest absolute Gasteiger partial charge is 0.350 e. The zero-order valence-electron chi connectivity index (χ0n) is 8.60. The van der Waals surface area contributed by atoms with Crippen LogP contribution in [0, 0.1) is 6.92 Å². The molecule has 1 N–H and O–H groups in total. The third-order valence-corrected chi connectivity index (χ3v) is 2.61. The molecule has 0 aliphatic carbocycles. The number of benzene rings is 1. The minimum Gasteiger partial charge on any atom is -0.350 e. The Kier molecular flexibility index (Phi) is 3.69. The number of rotatable bonds is 2. The molecule has 1 rings (SSSR count). The number of carbonyl (C=O) groups excluding carboxylic acids is 1. The quantitative estimate of drug-likeness (QED) is 0.865. The maximum absolute atomic E-state index is 10.9. The van der Waals surface area contributed by atoms with E-state index in [9.17, 15) is 4.79 Å². The van der Waals surface area contributed by atoms with Gasteiger partial charge in [0.1, 0.15) is 0 Å². The van der Waals surface area contributed by atoms with E-state index in [1.54, 1.807) is 0 Å². The Bertz CT molecular complexity index is 349. The van der Waals surface area contributed by atoms with Crippen molar-refractivity contribution in [2.45, 2.75) is 26.8 Å². The Hall–Kier alpha value is -0.830. The van der Waals surface area contributed by atoms with Crippen molar-refractivity contribution in [3.63, 3.8) is 0 Å². The van der Waals surface area contributed by atoms with Gasteiger partial charge in [-0.15, -0.1) is 0 Å². The summed E-state index contributed by atoms with van der Waals surface area (Å²) >= 11 is 3.41. The minimum absolute atomic E-state index is 0.000168. The summed E-state index contributed by atoms with van der Waals surface area (Å²) in [5, 5.41) is 2.87. The highest BCUT2D eigenvalue weighted by atomic mass is 79.9. The lowest BCUT2D eigenvalue weighted by molar-refractivity contribution is -0.119. The normalized spacial score (nSPS) is 12.3. The molecule has 0 saturated carbocycles. The number of nitrogens with one attached hydrogen (secondary N) is 1. The molecule has 0 aliphatic heterocycles. The molecule has 1 aromatic carbocycles. The van der Waals surface area contributed by atoms with Gasteiger partial charge < -0.3 is 5.32 Å². The molecule has 0 bridgehead atoms. The summed E-state index contributed by atoms with van der Waals surface area (Å²) in [6.07, 6.45) is 0. The lowest BCUT2D eigenvalue weighted by Gasteiger charge is -2.15. The monoisotopic (exact) mass is 255 g/mol. The van der Waals surface area contributed by atoms with Gasteiger partial charge in [-0.25, -0.2) is 0 Å². The topological polar surface area (TPSA) is 29.1 Å². The first-order valence-corrected chi connectivity index (χ1v) is 5.33. The van der Waals surface area contributed by atoms with Gasteiger partial charge >= 0.3 is 0 Å². The van der Waals surface area contributed by atoms with E-state index in [1.165, 1.54) is 12.5 Å². The van der Waals surface area contributed by atoms with E-state index >= 15 is 0 Å². The average Bonchev–Trinajstić information content (AvgIpc) is 2.01. The molecule has 14 heavy (non-hydrogen) atoms. The van der Waals surface area contributed by atoms with Crippen molar-refractivity contribution in [3.8, 4) is 0 Å². The van der Waals surface area contributed by atoms with Crippen LogP contribution >= 0.6 is 15.9 Å². The third kappa shape index (κ3) is 2.84. The number of hydrogen-bond acceptors (Lipinski definition) is 1. The van der Waals surface area contributed by atoms with Gasteiger partial charge in [-0.05, 0) is 37.1 Å². The van der Waals surface area contributed by atoms with Crippen LogP contribution in [0.25, 0.3) is 0 Å². The molecule has 0 aliphatic rings. The Morgan fingerprint density at radius 3 is 2.64 bits per heavy atom. The predicted octanol–water partition coefficient (Wildman–Crippen LogP) is 2.95. The lowest BCUT2D eigenvalue weighted by atomic mass is 10.0. The summed E-state index contributed by atoms with van der Waals surface area (Å²) in [5.41, 5.74) is 2.34. The fraction of sp³-hybridized carbons (Fsp3) is 0.364. The van der Waals surface area contributed by atoms with Crippen LogP contribution in [0.1, 0.15) is 31.0 Å². The first kappa shape index (κ1) is 11.2. The molecule has 0 spiro atoms. The van der Waals surface area contributed by atoms with Crippen molar-refractivity contribution >= 4 is 21.8 Å². The van der Waals surface area contributed by atoms with E-state index in [1.807, 2.05) is 32.0 Å². The van der Waals surface area contributed by atoms with E-state index in [-0.39, 0.29) is 11.9 Å². The van der Waals surface area contributed by atoms with Crippen LogP contribution in [0.2, 0.25) is 0 Å². The Balaban J connectivity index is 2.90. The molecule has 0 heterocycles. The summed E-state index contributed by atoms with van der Waals surface area (Å²) in [6, 6.07) is 6.13. The van der Waals surface area contributed by atoms with Crippen molar-refractivity contribution in [2.75, 3.05) is 0 Å². The van der Waals surface area contributed by atoms with Gasteiger partial charge in [0.2, 0.25) is 5.91 Å². The van der Waals surface area contributed by atoms with Crippen molar-refractivity contribution in [3.05, 3.63) is 33.8 Å². The molecule has 3 heteroatoms. The van der Waals surface area contributed by atoms with Crippen LogP contribution in [-0.4, -0.2) is 5.91 Å². The third-order valence-electron chi connectivity index (χ3n) is 2.12. The van der Waals surface area contributed by atoms with Crippen LogP contribution in [0.5, 0.6) is 0 Å². The smallest absolute Gasteiger partial charge is 0.217 e. The number of aryl methyl sites for hydroxylation is 1. The van der Waals surface area contributed by atoms with Gasteiger partial charge in [0.05, 0.1) is 6.04 Å². The zero-order valence-corrected chi connectivity index (χ0v) is 10.2. The molecule has 1 amide bonds. The summed E-state index contributed by atoms with van der Waals surface area (Å²) in [7, 11) is 0. The second-order valence-corrected chi connectivity index (χ2v) is 4.34. The van der Waals surface area contributed by atoms with E-state index < -0.39 is 0 Å². The van der Waals surface area contributed by atoms with Gasteiger partial charge in [-0.3, -0.25) is 4.79 Å². The van der Waals surface area contributed by atoms with Gasteiger partial charge in [-0.1, -0.05) is 22.0 Å². The SMILES string of the molecule is CC(=O)NC(C)c1ccc(Br)cc1C. The summed E-state index contributed by atoms with van der Waals surface area (Å²) in [6.45, 7) is 5.56. The first-order chi connectivity index (χ1) is 6.50. The summed E-state index contributed by atoms with van der Waals surface area (Å²) in [5.74, 6) is -0.000168. The molecule has 1 unspecified atom stereocenters. The summed E-state index contributed by atoms with van der Waals surface area (Å²) in [4.78, 5) is 10.9. The van der Waals surface area contributed by atoms with E-state index in [4.69, 9.17) is 0 Å². The Morgan fingerprint density at radius 2 is 2.14 bits per heavy atom. The molecule has 76 valence electrons. The van der Waals surface area contributed by atoms with Crippen LogP contribution < -0.4 is 5.32 Å². The molecule has 2 nitrogen and oxygen atoms in total. The van der Waals surface area contributed by atoms with Crippen LogP contribution in [0.4, 0.5) is 0 Å². The fourth-order valence-electron chi connectivity index (χ4n) is 1.51. The van der Waals surface area contributed by atoms with Crippen LogP contribution in [0.3, 0.4) is 0 Å². The molecule has 0 fully saturated rings. The fourth-order valence-corrected chi connectivity index (χ4v) is 1.98. The van der Waals surface area contributed by atoms with Crippen molar-refractivity contribution < 1.29 is 4.79 Å². The predicted molar refractivity (Wildman–Crippen MR) is 61.1 cm³/mol. The standard InChI is InChI=1S/C11H14BrNO/c1-7-6-10(12)4-5-11(7)8(2)13-9(3)14/h4-6,8H,1-3H3,(H,13,14). The van der Waals surface area contributed by atoms with Crippen molar-refractivity contribution in [1.82, 2.24) is 5.32 Å². The Morgan fingerprint density at radius 1 is 1.50 bits per heavy atom. The second-order valence-electron chi connectivity index (χ2n) is 3.42. The molecule has 0 aromatic heterocycles. The average molecular weight is 256 g/mol. The van der Waals surface area contributed by atoms with Gasteiger partial charge in [0, 0.05) is 11.4 Å². The molecule has 0 radical (unpaired) electrons. The number of amides is 1. The summed E-state index contributed by atoms with van der Waals surface area (Å²) < 4.78 is 1.06. The maximum atomic E-state index is 10.9. The van der Waals surface area contributed by atoms with Crippen LogP contribution in [0.15, 0.2) is 22.7 Å². The maximum Gasteiger partial charge on any atom is 0.217 e. The molecule has 0 saturated heterocycles. The van der Waals surface area contributed by atoms with E-state index in [0.717, 1.165) is 10.0 Å². The number of carbonyl (C=O) groups is 1. The highest BCUT2D eigenvalue weighted by Crippen LogP contribution is 2.21. The highest BCUT2D eigenvalue weighted by Gasteiger charge is 2.08. The molecular formula is C11H14BrNO. The Labute approximate surface area is 92.8 Å². The molecular weight excluding hydrogens is 242 g/mol. The highest BCUT2D eigenvalue weighted by molar-refractivity contribution is 9.10. The van der Waals surface area contributed by atoms with Gasteiger partial charge in [0.25, 0.3) is 0 Å². The zero-order chi connectivity index (χ0) is 10.7. The van der Waals surface area contributed by atoms with Gasteiger partial charge in [-0.2, -0.15) is 0 Å². The van der Waals surface area contributed by atoms with Crippen molar-refractivity contribution in [2.24, 2.45) is 0 Å². The molecule has 1 aromatic rings. The number of hydrogen-bond donors (Lipinski definition) is 1. The minimum atomic E-state index is -0.000168. The second kappa shape index (κ2) is 4.60. The van der Waals surface area contributed by atoms with Crippen molar-refractivity contribution in [1.29, 1.82) is 0 Å². The van der Waals surface area contributed by atoms with E-state index in [2.05, 4.69) is 21.2 Å². The first-order valence-electron chi connectivity index (χ1n) is 4.54. The van der Waals surface area contributed by atoms with Gasteiger partial charge in [0.15, 0.2) is 0 Å². The lowest BCUT2D eigenvalue weighted by Crippen LogP contribution is -2.24. The van der Waals surface area contributed by atoms with E-state index in [0.29, 0.717) is 0 Å². The molecule has 1 atom stereocenters. The van der Waals surface area contributed by atoms with Crippen LogP contribution in [-0.2, 0) is 4.79 Å². The number of halogens is 1.